The van der Waals surface area contributed by atoms with E-state index in [0.717, 1.165) is 39.0 Å². The number of benzene rings is 2. The Morgan fingerprint density at radius 1 is 1.18 bits per heavy atom. The highest BCUT2D eigenvalue weighted by Gasteiger charge is 2.33. The van der Waals surface area contributed by atoms with E-state index in [0.29, 0.717) is 24.8 Å². The molecule has 2 aromatic carbocycles. The molecule has 2 aliphatic rings. The first-order valence-corrected chi connectivity index (χ1v) is 13.3. The van der Waals surface area contributed by atoms with Crippen molar-refractivity contribution >= 4 is 27.7 Å². The number of pyridine rings is 2. The molecule has 1 aliphatic carbocycles. The van der Waals surface area contributed by atoms with Gasteiger partial charge in [0.15, 0.2) is 0 Å². The SMILES string of the molecule is C[C@@]1(C#N)COCc2ccc(C(=O)NCc3cc4nc(-c5cccc6c5ccn6C5CC5)ccc4cn3)cc21. The van der Waals surface area contributed by atoms with Crippen molar-refractivity contribution in [2.45, 2.75) is 44.4 Å². The molecule has 1 aliphatic heterocycles. The topological polar surface area (TPSA) is 92.8 Å². The van der Waals surface area contributed by atoms with Crippen LogP contribution in [0.25, 0.3) is 33.1 Å². The quantitative estimate of drug-likeness (QED) is 0.319. The van der Waals surface area contributed by atoms with Gasteiger partial charge in [-0.25, -0.2) is 4.98 Å². The molecule has 1 saturated carbocycles. The Morgan fingerprint density at radius 3 is 2.92 bits per heavy atom. The van der Waals surface area contributed by atoms with Crippen LogP contribution in [-0.2, 0) is 23.3 Å². The van der Waals surface area contributed by atoms with Gasteiger partial charge in [0.1, 0.15) is 5.41 Å². The summed E-state index contributed by atoms with van der Waals surface area (Å²) in [7, 11) is 0. The molecule has 1 N–H and O–H groups in total. The molecule has 0 saturated heterocycles. The number of aromatic nitrogens is 3. The van der Waals surface area contributed by atoms with Gasteiger partial charge < -0.3 is 14.6 Å². The molecule has 5 aromatic rings. The zero-order chi connectivity index (χ0) is 26.6. The number of nitrogens with zero attached hydrogens (tertiary/aromatic N) is 4. The van der Waals surface area contributed by atoms with E-state index in [9.17, 15) is 10.1 Å². The first kappa shape index (κ1) is 23.6. The molecule has 7 heteroatoms. The van der Waals surface area contributed by atoms with E-state index >= 15 is 0 Å². The number of hydrogen-bond acceptors (Lipinski definition) is 5. The lowest BCUT2D eigenvalue weighted by molar-refractivity contribution is 0.0757. The molecule has 4 heterocycles. The standard InChI is InChI=1S/C32H27N5O2/c1-32(18-33)19-39-17-22-6-5-20(13-27(22)32)31(38)35-16-23-14-29-21(15-34-23)7-10-28(36-29)25-3-2-4-30-26(25)11-12-37(30)24-8-9-24/h2-7,10-15,24H,8-9,16-17,19H2,1H3,(H,35,38)/t32-/m1/s1. The van der Waals surface area contributed by atoms with E-state index in [1.54, 1.807) is 12.3 Å². The van der Waals surface area contributed by atoms with E-state index in [2.05, 4.69) is 51.4 Å². The Kier molecular flexibility index (Phi) is 5.46. The summed E-state index contributed by atoms with van der Waals surface area (Å²) >= 11 is 0. The molecule has 7 nitrogen and oxygen atoms in total. The van der Waals surface area contributed by atoms with E-state index < -0.39 is 5.41 Å². The van der Waals surface area contributed by atoms with Gasteiger partial charge in [0.2, 0.25) is 0 Å². The van der Waals surface area contributed by atoms with Crippen molar-refractivity contribution in [3.63, 3.8) is 0 Å². The van der Waals surface area contributed by atoms with Gasteiger partial charge in [-0.05, 0) is 73.4 Å². The smallest absolute Gasteiger partial charge is 0.251 e. The van der Waals surface area contributed by atoms with Crippen molar-refractivity contribution in [3.05, 3.63) is 95.4 Å². The van der Waals surface area contributed by atoms with E-state index in [1.165, 1.54) is 23.7 Å². The maximum Gasteiger partial charge on any atom is 0.251 e. The van der Waals surface area contributed by atoms with Gasteiger partial charge in [-0.15, -0.1) is 0 Å². The molecule has 1 amide bonds. The highest BCUT2D eigenvalue weighted by atomic mass is 16.5. The summed E-state index contributed by atoms with van der Waals surface area (Å²) < 4.78 is 7.95. The second-order valence-corrected chi connectivity index (χ2v) is 10.7. The molecular weight excluding hydrogens is 486 g/mol. The van der Waals surface area contributed by atoms with Gasteiger partial charge in [-0.1, -0.05) is 18.2 Å². The second kappa shape index (κ2) is 9.04. The molecule has 0 radical (unpaired) electrons. The second-order valence-electron chi connectivity index (χ2n) is 10.7. The Bertz CT molecular complexity index is 1810. The average molecular weight is 514 g/mol. The van der Waals surface area contributed by atoms with Gasteiger partial charge in [-0.2, -0.15) is 5.26 Å². The zero-order valence-corrected chi connectivity index (χ0v) is 21.6. The van der Waals surface area contributed by atoms with Crippen LogP contribution in [0.15, 0.2) is 73.1 Å². The number of nitriles is 1. The number of rotatable bonds is 5. The lowest BCUT2D eigenvalue weighted by atomic mass is 9.79. The van der Waals surface area contributed by atoms with Crippen LogP contribution in [0, 0.1) is 11.3 Å². The molecule has 0 unspecified atom stereocenters. The maximum atomic E-state index is 13.0. The van der Waals surface area contributed by atoms with Gasteiger partial charge >= 0.3 is 0 Å². The largest absolute Gasteiger partial charge is 0.375 e. The third-order valence-electron chi connectivity index (χ3n) is 7.90. The number of fused-ring (bicyclic) bond motifs is 3. The Balaban J connectivity index is 1.13. The summed E-state index contributed by atoms with van der Waals surface area (Å²) in [6.45, 7) is 2.88. The summed E-state index contributed by atoms with van der Waals surface area (Å²) in [6, 6.07) is 23.0. The molecular formula is C32H27N5O2. The monoisotopic (exact) mass is 513 g/mol. The molecule has 1 fully saturated rings. The van der Waals surface area contributed by atoms with E-state index in [-0.39, 0.29) is 12.5 Å². The number of nitrogens with one attached hydrogen (secondary N) is 1. The number of amides is 1. The van der Waals surface area contributed by atoms with Crippen LogP contribution in [0.1, 0.15) is 53.0 Å². The molecule has 3 aromatic heterocycles. The van der Waals surface area contributed by atoms with Gasteiger partial charge in [0.05, 0.1) is 42.7 Å². The minimum absolute atomic E-state index is 0.208. The van der Waals surface area contributed by atoms with Gasteiger partial charge in [0.25, 0.3) is 5.91 Å². The maximum absolute atomic E-state index is 13.0. The summed E-state index contributed by atoms with van der Waals surface area (Å²) in [5, 5.41) is 14.8. The highest BCUT2D eigenvalue weighted by molar-refractivity contribution is 5.96. The van der Waals surface area contributed by atoms with Gasteiger partial charge in [0, 0.05) is 45.9 Å². The average Bonchev–Trinajstić information content (AvgIpc) is 3.73. The normalized spacial score (nSPS) is 18.6. The van der Waals surface area contributed by atoms with E-state index in [4.69, 9.17) is 9.72 Å². The summed E-state index contributed by atoms with van der Waals surface area (Å²) in [4.78, 5) is 22.5. The fourth-order valence-electron chi connectivity index (χ4n) is 5.55. The molecule has 39 heavy (non-hydrogen) atoms. The predicted molar refractivity (Wildman–Crippen MR) is 149 cm³/mol. The van der Waals surface area contributed by atoms with Crippen LogP contribution in [-0.4, -0.2) is 27.0 Å². The fourth-order valence-corrected chi connectivity index (χ4v) is 5.55. The first-order chi connectivity index (χ1) is 19.0. The third-order valence-corrected chi connectivity index (χ3v) is 7.90. The lowest BCUT2D eigenvalue weighted by Crippen LogP contribution is -2.33. The highest BCUT2D eigenvalue weighted by Crippen LogP contribution is 2.39. The van der Waals surface area contributed by atoms with Crippen LogP contribution in [0.4, 0.5) is 0 Å². The van der Waals surface area contributed by atoms with Crippen LogP contribution >= 0.6 is 0 Å². The van der Waals surface area contributed by atoms with Crippen LogP contribution < -0.4 is 5.32 Å². The number of hydrogen-bond donors (Lipinski definition) is 1. The number of ether oxygens (including phenoxy) is 1. The summed E-state index contributed by atoms with van der Waals surface area (Å²) in [6.07, 6.45) is 6.48. The predicted octanol–water partition coefficient (Wildman–Crippen LogP) is 5.83. The minimum Gasteiger partial charge on any atom is -0.375 e. The minimum atomic E-state index is -0.766. The van der Waals surface area contributed by atoms with Crippen molar-refractivity contribution in [1.82, 2.24) is 19.9 Å². The third kappa shape index (κ3) is 4.14. The van der Waals surface area contributed by atoms with Crippen molar-refractivity contribution in [2.75, 3.05) is 6.61 Å². The summed E-state index contributed by atoms with van der Waals surface area (Å²) in [5.41, 5.74) is 6.40. The van der Waals surface area contributed by atoms with Crippen molar-refractivity contribution in [3.8, 4) is 17.3 Å². The fraction of sp³-hybridized carbons (Fsp3) is 0.250. The Hall–Kier alpha value is -4.54. The lowest BCUT2D eigenvalue weighted by Gasteiger charge is -2.30. The van der Waals surface area contributed by atoms with Crippen molar-refractivity contribution in [1.29, 1.82) is 5.26 Å². The van der Waals surface area contributed by atoms with Crippen molar-refractivity contribution < 1.29 is 9.53 Å². The molecule has 192 valence electrons. The molecule has 7 rings (SSSR count). The Morgan fingerprint density at radius 2 is 2.08 bits per heavy atom. The first-order valence-electron chi connectivity index (χ1n) is 13.3. The molecule has 0 bridgehead atoms. The molecule has 1 atom stereocenters. The van der Waals surface area contributed by atoms with Crippen LogP contribution in [0.3, 0.4) is 0 Å². The van der Waals surface area contributed by atoms with Crippen LogP contribution in [0.2, 0.25) is 0 Å². The van der Waals surface area contributed by atoms with E-state index in [1.807, 2.05) is 37.3 Å². The summed E-state index contributed by atoms with van der Waals surface area (Å²) in [5.74, 6) is -0.208. The number of carbonyl (C=O) groups is 1. The number of carbonyl (C=O) groups excluding carboxylic acids is 1. The molecule has 0 spiro atoms. The van der Waals surface area contributed by atoms with Crippen molar-refractivity contribution in [2.24, 2.45) is 0 Å². The van der Waals surface area contributed by atoms with Gasteiger partial charge in [-0.3, -0.25) is 9.78 Å². The zero-order valence-electron chi connectivity index (χ0n) is 21.6. The van der Waals surface area contributed by atoms with Crippen LogP contribution in [0.5, 0.6) is 0 Å². The Labute approximate surface area is 226 Å².